The summed E-state index contributed by atoms with van der Waals surface area (Å²) in [6, 6.07) is 6.63. The van der Waals surface area contributed by atoms with E-state index in [1.54, 1.807) is 0 Å². The standard InChI is InChI=1S/C14H17NOS/c1-2-14(5-6-15-9-14)11-3-4-12-10(7-11)8-13(16)17-12/h3-4,7,15H,2,5-6,8-9H2,1H3. The molecule has 0 spiro atoms. The minimum Gasteiger partial charge on any atom is -0.316 e. The van der Waals surface area contributed by atoms with E-state index in [1.807, 2.05) is 0 Å². The van der Waals surface area contributed by atoms with Crippen LogP contribution in [-0.2, 0) is 16.6 Å². The molecule has 2 aliphatic heterocycles. The van der Waals surface area contributed by atoms with Gasteiger partial charge in [-0.1, -0.05) is 30.8 Å². The van der Waals surface area contributed by atoms with Crippen LogP contribution in [0.1, 0.15) is 30.9 Å². The summed E-state index contributed by atoms with van der Waals surface area (Å²) in [7, 11) is 0. The summed E-state index contributed by atoms with van der Waals surface area (Å²) in [6.45, 7) is 4.45. The van der Waals surface area contributed by atoms with Gasteiger partial charge in [-0.3, -0.25) is 4.79 Å². The van der Waals surface area contributed by atoms with Gasteiger partial charge in [-0.05, 0) is 36.6 Å². The normalized spacial score (nSPS) is 27.5. The third-order valence-corrected chi connectivity index (χ3v) is 5.14. The fourth-order valence-corrected chi connectivity index (χ4v) is 3.83. The Kier molecular flexibility index (Phi) is 2.75. The predicted octanol–water partition coefficient (Wildman–Crippen LogP) is 2.50. The van der Waals surface area contributed by atoms with Gasteiger partial charge in [-0.2, -0.15) is 0 Å². The molecular formula is C14H17NOS. The highest BCUT2D eigenvalue weighted by atomic mass is 32.2. The number of fused-ring (bicyclic) bond motifs is 1. The van der Waals surface area contributed by atoms with Crippen LogP contribution in [0.4, 0.5) is 0 Å². The lowest BCUT2D eigenvalue weighted by molar-refractivity contribution is -0.110. The first-order valence-corrected chi connectivity index (χ1v) is 7.10. The van der Waals surface area contributed by atoms with Crippen molar-refractivity contribution in [3.05, 3.63) is 29.3 Å². The molecule has 17 heavy (non-hydrogen) atoms. The minimum absolute atomic E-state index is 0.284. The van der Waals surface area contributed by atoms with E-state index >= 15 is 0 Å². The van der Waals surface area contributed by atoms with Crippen molar-refractivity contribution < 1.29 is 4.79 Å². The zero-order chi connectivity index (χ0) is 11.9. The molecule has 0 aliphatic carbocycles. The van der Waals surface area contributed by atoms with Crippen LogP contribution in [0.15, 0.2) is 23.1 Å². The van der Waals surface area contributed by atoms with Gasteiger partial charge in [0.2, 0.25) is 0 Å². The van der Waals surface area contributed by atoms with Crippen LogP contribution in [0.2, 0.25) is 0 Å². The van der Waals surface area contributed by atoms with Gasteiger partial charge >= 0.3 is 0 Å². The van der Waals surface area contributed by atoms with Crippen molar-refractivity contribution in [2.45, 2.75) is 36.5 Å². The third kappa shape index (κ3) is 1.81. The first-order valence-electron chi connectivity index (χ1n) is 6.28. The Morgan fingerprint density at radius 3 is 3.06 bits per heavy atom. The largest absolute Gasteiger partial charge is 0.316 e. The Morgan fingerprint density at radius 2 is 2.35 bits per heavy atom. The van der Waals surface area contributed by atoms with Crippen LogP contribution in [0.5, 0.6) is 0 Å². The molecule has 2 heterocycles. The lowest BCUT2D eigenvalue weighted by Crippen LogP contribution is -2.28. The minimum atomic E-state index is 0.284. The van der Waals surface area contributed by atoms with Crippen LogP contribution in [0.3, 0.4) is 0 Å². The molecule has 1 unspecified atom stereocenters. The van der Waals surface area contributed by atoms with Gasteiger partial charge in [0.1, 0.15) is 0 Å². The van der Waals surface area contributed by atoms with Crippen molar-refractivity contribution in [1.82, 2.24) is 5.32 Å². The zero-order valence-corrected chi connectivity index (χ0v) is 10.9. The SMILES string of the molecule is CCC1(c2ccc3c(c2)CC(=O)S3)CCNC1. The highest BCUT2D eigenvalue weighted by Gasteiger charge is 2.34. The van der Waals surface area contributed by atoms with Crippen LogP contribution >= 0.6 is 11.8 Å². The molecule has 1 aromatic rings. The average Bonchev–Trinajstić information content (AvgIpc) is 2.93. The van der Waals surface area contributed by atoms with E-state index in [0.29, 0.717) is 11.8 Å². The number of rotatable bonds is 2. The second kappa shape index (κ2) is 4.14. The quantitative estimate of drug-likeness (QED) is 0.870. The molecule has 3 heteroatoms. The molecule has 2 aliphatic rings. The first kappa shape index (κ1) is 11.3. The third-order valence-electron chi connectivity index (χ3n) is 4.15. The average molecular weight is 247 g/mol. The molecule has 1 N–H and O–H groups in total. The van der Waals surface area contributed by atoms with Crippen molar-refractivity contribution in [2.24, 2.45) is 0 Å². The van der Waals surface area contributed by atoms with Gasteiger partial charge in [0.05, 0.1) is 0 Å². The Labute approximate surface area is 106 Å². The molecule has 1 aromatic carbocycles. The zero-order valence-electron chi connectivity index (χ0n) is 10.1. The van der Waals surface area contributed by atoms with E-state index in [0.717, 1.165) is 18.0 Å². The molecule has 2 nitrogen and oxygen atoms in total. The molecule has 1 saturated heterocycles. The molecule has 0 saturated carbocycles. The molecule has 90 valence electrons. The second-order valence-corrected chi connectivity index (χ2v) is 6.13. The van der Waals surface area contributed by atoms with Gasteiger partial charge < -0.3 is 5.32 Å². The van der Waals surface area contributed by atoms with E-state index in [9.17, 15) is 4.79 Å². The van der Waals surface area contributed by atoms with Gasteiger partial charge in [-0.25, -0.2) is 0 Å². The number of carbonyl (C=O) groups excluding carboxylic acids is 1. The van der Waals surface area contributed by atoms with E-state index in [1.165, 1.54) is 35.7 Å². The Bertz CT molecular complexity index is 463. The van der Waals surface area contributed by atoms with Gasteiger partial charge in [0, 0.05) is 23.3 Å². The number of thioether (sulfide) groups is 1. The molecule has 0 bridgehead atoms. The smallest absolute Gasteiger partial charge is 0.198 e. The lowest BCUT2D eigenvalue weighted by atomic mass is 9.77. The highest BCUT2D eigenvalue weighted by molar-refractivity contribution is 8.14. The van der Waals surface area contributed by atoms with Gasteiger partial charge in [-0.15, -0.1) is 0 Å². The maximum absolute atomic E-state index is 11.4. The fraction of sp³-hybridized carbons (Fsp3) is 0.500. The molecule has 0 amide bonds. The van der Waals surface area contributed by atoms with E-state index < -0.39 is 0 Å². The highest BCUT2D eigenvalue weighted by Crippen LogP contribution is 2.39. The maximum atomic E-state index is 11.4. The molecule has 1 fully saturated rings. The Balaban J connectivity index is 1.99. The van der Waals surface area contributed by atoms with Crippen molar-refractivity contribution >= 4 is 16.9 Å². The summed E-state index contributed by atoms with van der Waals surface area (Å²) in [5.41, 5.74) is 2.95. The van der Waals surface area contributed by atoms with E-state index in [4.69, 9.17) is 0 Å². The molecule has 0 radical (unpaired) electrons. The van der Waals surface area contributed by atoms with E-state index in [2.05, 4.69) is 30.4 Å². The van der Waals surface area contributed by atoms with Crippen molar-refractivity contribution in [3.63, 3.8) is 0 Å². The van der Waals surface area contributed by atoms with Crippen LogP contribution in [0, 0.1) is 0 Å². The summed E-state index contributed by atoms with van der Waals surface area (Å²) < 4.78 is 0. The summed E-state index contributed by atoms with van der Waals surface area (Å²) in [5, 5.41) is 3.75. The van der Waals surface area contributed by atoms with Crippen LogP contribution in [-0.4, -0.2) is 18.2 Å². The van der Waals surface area contributed by atoms with E-state index in [-0.39, 0.29) is 5.12 Å². The maximum Gasteiger partial charge on any atom is 0.198 e. The molecule has 3 rings (SSSR count). The van der Waals surface area contributed by atoms with Crippen molar-refractivity contribution in [3.8, 4) is 0 Å². The number of nitrogens with one attached hydrogen (secondary N) is 1. The van der Waals surface area contributed by atoms with Crippen LogP contribution < -0.4 is 5.32 Å². The fourth-order valence-electron chi connectivity index (χ4n) is 2.96. The lowest BCUT2D eigenvalue weighted by Gasteiger charge is -2.27. The molecule has 1 atom stereocenters. The summed E-state index contributed by atoms with van der Waals surface area (Å²) in [6.07, 6.45) is 2.99. The van der Waals surface area contributed by atoms with Crippen molar-refractivity contribution in [1.29, 1.82) is 0 Å². The monoisotopic (exact) mass is 247 g/mol. The summed E-state index contributed by atoms with van der Waals surface area (Å²) >= 11 is 1.39. The summed E-state index contributed by atoms with van der Waals surface area (Å²) in [4.78, 5) is 12.6. The number of hydrogen-bond acceptors (Lipinski definition) is 3. The Morgan fingerprint density at radius 1 is 1.47 bits per heavy atom. The number of hydrogen-bond donors (Lipinski definition) is 1. The second-order valence-electron chi connectivity index (χ2n) is 5.03. The van der Waals surface area contributed by atoms with Crippen LogP contribution in [0.25, 0.3) is 0 Å². The molecular weight excluding hydrogens is 230 g/mol. The van der Waals surface area contributed by atoms with Gasteiger partial charge in [0.15, 0.2) is 5.12 Å². The number of benzene rings is 1. The van der Waals surface area contributed by atoms with Gasteiger partial charge in [0.25, 0.3) is 0 Å². The predicted molar refractivity (Wildman–Crippen MR) is 70.5 cm³/mol. The Hall–Kier alpha value is -0.800. The van der Waals surface area contributed by atoms with Crippen molar-refractivity contribution in [2.75, 3.05) is 13.1 Å². The first-order chi connectivity index (χ1) is 8.23. The number of carbonyl (C=O) groups is 1. The topological polar surface area (TPSA) is 29.1 Å². The summed E-state index contributed by atoms with van der Waals surface area (Å²) in [5.74, 6) is 0. The molecule has 0 aromatic heterocycles.